The van der Waals surface area contributed by atoms with Crippen molar-refractivity contribution in [1.29, 1.82) is 0 Å². The Morgan fingerprint density at radius 3 is 2.11 bits per heavy atom. The summed E-state index contributed by atoms with van der Waals surface area (Å²) in [6.07, 6.45) is 0. The van der Waals surface area contributed by atoms with Crippen molar-refractivity contribution in [1.82, 2.24) is 14.1 Å². The molecular weight excluding hydrogens is 446 g/mol. The second kappa shape index (κ2) is 7.05. The number of hydrogen-bond donors (Lipinski definition) is 0. The molecular formula is C31H19N3S. The highest BCUT2D eigenvalue weighted by Crippen LogP contribution is 2.43. The lowest BCUT2D eigenvalue weighted by molar-refractivity contribution is 0.958. The molecule has 3 aromatic heterocycles. The monoisotopic (exact) mass is 465 g/mol. The SMILES string of the molecule is c1ccc(-n2c(-n3c4ccccc4c4ccc5sc6ccccc6c5c43)nc3ccccc32)cc1. The summed E-state index contributed by atoms with van der Waals surface area (Å²) in [5.74, 6) is 0.909. The number of fused-ring (bicyclic) bond motifs is 8. The van der Waals surface area contributed by atoms with E-state index in [2.05, 4.69) is 124 Å². The van der Waals surface area contributed by atoms with E-state index in [4.69, 9.17) is 4.98 Å². The van der Waals surface area contributed by atoms with Crippen LogP contribution >= 0.6 is 11.3 Å². The van der Waals surface area contributed by atoms with E-state index in [-0.39, 0.29) is 0 Å². The number of aromatic nitrogens is 3. The molecule has 164 valence electrons. The molecule has 0 saturated heterocycles. The lowest BCUT2D eigenvalue weighted by atomic mass is 10.1. The first-order valence-electron chi connectivity index (χ1n) is 11.8. The topological polar surface area (TPSA) is 22.8 Å². The Bertz CT molecular complexity index is 2060. The Kier molecular flexibility index (Phi) is 3.82. The third kappa shape index (κ3) is 2.57. The number of imidazole rings is 1. The first-order chi connectivity index (χ1) is 17.4. The van der Waals surface area contributed by atoms with Crippen LogP contribution in [0.3, 0.4) is 0 Å². The van der Waals surface area contributed by atoms with Gasteiger partial charge in [0, 0.05) is 36.6 Å². The molecule has 0 aliphatic carbocycles. The van der Waals surface area contributed by atoms with Crippen molar-refractivity contribution in [2.24, 2.45) is 0 Å². The quantitative estimate of drug-likeness (QED) is 0.251. The third-order valence-electron chi connectivity index (χ3n) is 6.93. The molecule has 0 amide bonds. The molecule has 0 unspecified atom stereocenters. The molecule has 0 fully saturated rings. The lowest BCUT2D eigenvalue weighted by Gasteiger charge is -2.12. The van der Waals surface area contributed by atoms with Crippen LogP contribution in [0.15, 0.2) is 115 Å². The van der Waals surface area contributed by atoms with Crippen LogP contribution in [0.25, 0.3) is 64.6 Å². The van der Waals surface area contributed by atoms with Gasteiger partial charge in [-0.05, 0) is 42.5 Å². The van der Waals surface area contributed by atoms with Crippen LogP contribution in [0, 0.1) is 0 Å². The summed E-state index contributed by atoms with van der Waals surface area (Å²) in [6, 6.07) is 40.9. The minimum Gasteiger partial charge on any atom is -0.278 e. The molecule has 0 aliphatic rings. The maximum absolute atomic E-state index is 5.23. The summed E-state index contributed by atoms with van der Waals surface area (Å²) in [5.41, 5.74) is 5.57. The van der Waals surface area contributed by atoms with Gasteiger partial charge in [0.05, 0.1) is 22.1 Å². The smallest absolute Gasteiger partial charge is 0.220 e. The van der Waals surface area contributed by atoms with Crippen molar-refractivity contribution in [3.63, 3.8) is 0 Å². The van der Waals surface area contributed by atoms with Gasteiger partial charge < -0.3 is 0 Å². The molecule has 35 heavy (non-hydrogen) atoms. The molecule has 3 heterocycles. The summed E-state index contributed by atoms with van der Waals surface area (Å²) < 4.78 is 7.27. The molecule has 3 nitrogen and oxygen atoms in total. The maximum atomic E-state index is 5.23. The van der Waals surface area contributed by atoms with E-state index >= 15 is 0 Å². The van der Waals surface area contributed by atoms with Crippen molar-refractivity contribution >= 4 is 64.3 Å². The molecule has 0 radical (unpaired) electrons. The standard InChI is InChI=1S/C31H19N3S/c1-2-10-20(11-3-1)33-26-16-8-6-14-24(26)32-31(33)34-25-15-7-4-12-21(25)22-18-19-28-29(30(22)34)23-13-5-9-17-27(23)35-28/h1-19H. The number of thiophene rings is 1. The highest BCUT2D eigenvalue weighted by molar-refractivity contribution is 7.26. The predicted octanol–water partition coefficient (Wildman–Crippen LogP) is 8.49. The molecule has 5 aromatic carbocycles. The van der Waals surface area contributed by atoms with Gasteiger partial charge in [-0.25, -0.2) is 4.98 Å². The Hall–Kier alpha value is -4.41. The first kappa shape index (κ1) is 19.0. The minimum absolute atomic E-state index is 0.909. The van der Waals surface area contributed by atoms with Gasteiger partial charge in [0.25, 0.3) is 0 Å². The van der Waals surface area contributed by atoms with E-state index in [0.29, 0.717) is 0 Å². The average Bonchev–Trinajstić information content (AvgIpc) is 3.58. The zero-order valence-electron chi connectivity index (χ0n) is 18.7. The van der Waals surface area contributed by atoms with E-state index in [1.54, 1.807) is 0 Å². The normalized spacial score (nSPS) is 12.0. The summed E-state index contributed by atoms with van der Waals surface area (Å²) in [4.78, 5) is 5.23. The summed E-state index contributed by atoms with van der Waals surface area (Å²) >= 11 is 1.86. The zero-order valence-corrected chi connectivity index (χ0v) is 19.5. The second-order valence-corrected chi connectivity index (χ2v) is 9.94. The van der Waals surface area contributed by atoms with Crippen molar-refractivity contribution in [2.75, 3.05) is 0 Å². The van der Waals surface area contributed by atoms with Crippen molar-refractivity contribution < 1.29 is 0 Å². The van der Waals surface area contributed by atoms with Crippen LogP contribution in [-0.2, 0) is 0 Å². The van der Waals surface area contributed by atoms with Gasteiger partial charge >= 0.3 is 0 Å². The lowest BCUT2D eigenvalue weighted by Crippen LogP contribution is -2.05. The number of para-hydroxylation sites is 4. The fourth-order valence-corrected chi connectivity index (χ4v) is 6.58. The van der Waals surface area contributed by atoms with Crippen LogP contribution in [-0.4, -0.2) is 14.1 Å². The third-order valence-corrected chi connectivity index (χ3v) is 8.07. The van der Waals surface area contributed by atoms with Crippen LogP contribution in [0.4, 0.5) is 0 Å². The fraction of sp³-hybridized carbons (Fsp3) is 0. The van der Waals surface area contributed by atoms with Gasteiger partial charge in [-0.2, -0.15) is 0 Å². The van der Waals surface area contributed by atoms with E-state index in [0.717, 1.165) is 28.2 Å². The van der Waals surface area contributed by atoms with Gasteiger partial charge in [-0.3, -0.25) is 9.13 Å². The number of nitrogens with zero attached hydrogens (tertiary/aromatic N) is 3. The largest absolute Gasteiger partial charge is 0.278 e. The Balaban J connectivity index is 1.64. The predicted molar refractivity (Wildman–Crippen MR) is 148 cm³/mol. The zero-order chi connectivity index (χ0) is 22.9. The Morgan fingerprint density at radius 2 is 1.23 bits per heavy atom. The first-order valence-corrected chi connectivity index (χ1v) is 12.6. The van der Waals surface area contributed by atoms with Gasteiger partial charge in [0.1, 0.15) is 0 Å². The van der Waals surface area contributed by atoms with Crippen LogP contribution in [0.1, 0.15) is 0 Å². The molecule has 0 spiro atoms. The molecule has 0 N–H and O–H groups in total. The molecule has 8 rings (SSSR count). The van der Waals surface area contributed by atoms with Gasteiger partial charge in [-0.15, -0.1) is 11.3 Å². The summed E-state index contributed by atoms with van der Waals surface area (Å²) in [6.45, 7) is 0. The highest BCUT2D eigenvalue weighted by atomic mass is 32.1. The molecule has 0 bridgehead atoms. The molecule has 0 saturated carbocycles. The minimum atomic E-state index is 0.909. The van der Waals surface area contributed by atoms with Crippen LogP contribution in [0.2, 0.25) is 0 Å². The van der Waals surface area contributed by atoms with Crippen LogP contribution in [0.5, 0.6) is 0 Å². The summed E-state index contributed by atoms with van der Waals surface area (Å²) in [5, 5.41) is 5.09. The summed E-state index contributed by atoms with van der Waals surface area (Å²) in [7, 11) is 0. The maximum Gasteiger partial charge on any atom is 0.220 e. The Labute approximate surface area is 205 Å². The second-order valence-electron chi connectivity index (χ2n) is 8.86. The van der Waals surface area contributed by atoms with Crippen LogP contribution < -0.4 is 0 Å². The van der Waals surface area contributed by atoms with E-state index in [1.165, 1.54) is 36.5 Å². The fourth-order valence-electron chi connectivity index (χ4n) is 5.47. The number of benzene rings is 5. The molecule has 0 aliphatic heterocycles. The number of hydrogen-bond acceptors (Lipinski definition) is 2. The van der Waals surface area contributed by atoms with E-state index in [9.17, 15) is 0 Å². The van der Waals surface area contributed by atoms with Crippen molar-refractivity contribution in [2.45, 2.75) is 0 Å². The van der Waals surface area contributed by atoms with Crippen molar-refractivity contribution in [3.05, 3.63) is 115 Å². The Morgan fingerprint density at radius 1 is 0.514 bits per heavy atom. The molecule has 8 aromatic rings. The van der Waals surface area contributed by atoms with E-state index in [1.807, 2.05) is 11.3 Å². The average molecular weight is 466 g/mol. The molecule has 0 atom stereocenters. The van der Waals surface area contributed by atoms with Gasteiger partial charge in [0.2, 0.25) is 5.95 Å². The van der Waals surface area contributed by atoms with Crippen molar-refractivity contribution in [3.8, 4) is 11.6 Å². The number of rotatable bonds is 2. The highest BCUT2D eigenvalue weighted by Gasteiger charge is 2.22. The van der Waals surface area contributed by atoms with Gasteiger partial charge in [0.15, 0.2) is 0 Å². The molecule has 4 heteroatoms. The van der Waals surface area contributed by atoms with E-state index < -0.39 is 0 Å². The van der Waals surface area contributed by atoms with Gasteiger partial charge in [-0.1, -0.05) is 72.8 Å².